The Morgan fingerprint density at radius 1 is 1.21 bits per heavy atom. The molecule has 1 saturated heterocycles. The lowest BCUT2D eigenvalue weighted by atomic mass is 10.2. The lowest BCUT2D eigenvalue weighted by Crippen LogP contribution is -2.39. The highest BCUT2D eigenvalue weighted by molar-refractivity contribution is 7.89. The minimum Gasteiger partial charge on any atom is -0.497 e. The number of hydrogen-bond acceptors (Lipinski definition) is 4. The highest BCUT2D eigenvalue weighted by Crippen LogP contribution is 2.29. The zero-order valence-corrected chi connectivity index (χ0v) is 15.7. The van der Waals surface area contributed by atoms with Crippen LogP contribution in [-0.4, -0.2) is 56.8 Å². The number of rotatable bonds is 4. The number of ether oxygens (including phenoxy) is 1. The van der Waals surface area contributed by atoms with Crippen LogP contribution in [-0.2, 0) is 14.8 Å². The summed E-state index contributed by atoms with van der Waals surface area (Å²) in [5, 5.41) is 0.133. The van der Waals surface area contributed by atoms with Gasteiger partial charge in [0.15, 0.2) is 0 Å². The van der Waals surface area contributed by atoms with Gasteiger partial charge in [0.25, 0.3) is 0 Å². The molecule has 6 nitrogen and oxygen atoms in total. The summed E-state index contributed by atoms with van der Waals surface area (Å²) in [6.07, 6.45) is 0.603. The number of benzene rings is 1. The summed E-state index contributed by atoms with van der Waals surface area (Å²) in [4.78, 5) is 13.9. The molecule has 0 spiro atoms. The van der Waals surface area contributed by atoms with Gasteiger partial charge in [-0.2, -0.15) is 4.31 Å². The summed E-state index contributed by atoms with van der Waals surface area (Å²) < 4.78 is 32.2. The van der Waals surface area contributed by atoms with Gasteiger partial charge in [-0.3, -0.25) is 4.79 Å². The van der Waals surface area contributed by atoms with Crippen LogP contribution < -0.4 is 4.74 Å². The Kier molecular flexibility index (Phi) is 6.11. The van der Waals surface area contributed by atoms with Gasteiger partial charge in [0.1, 0.15) is 10.6 Å². The third-order valence-corrected chi connectivity index (χ3v) is 6.40. The molecule has 0 N–H and O–H groups in total. The second-order valence-corrected chi connectivity index (χ2v) is 8.35. The van der Waals surface area contributed by atoms with E-state index in [9.17, 15) is 13.2 Å². The molecule has 1 aliphatic heterocycles. The van der Waals surface area contributed by atoms with E-state index in [2.05, 4.69) is 0 Å². The van der Waals surface area contributed by atoms with Gasteiger partial charge in [-0.1, -0.05) is 25.4 Å². The van der Waals surface area contributed by atoms with Crippen molar-refractivity contribution in [3.8, 4) is 5.75 Å². The topological polar surface area (TPSA) is 66.9 Å². The molecule has 0 saturated carbocycles. The van der Waals surface area contributed by atoms with Crippen LogP contribution in [0.3, 0.4) is 0 Å². The van der Waals surface area contributed by atoms with Crippen LogP contribution in [0.25, 0.3) is 0 Å². The highest BCUT2D eigenvalue weighted by Gasteiger charge is 2.30. The van der Waals surface area contributed by atoms with Crippen molar-refractivity contribution in [1.29, 1.82) is 0 Å². The van der Waals surface area contributed by atoms with Crippen LogP contribution in [0, 0.1) is 5.92 Å². The smallest absolute Gasteiger partial charge is 0.244 e. The van der Waals surface area contributed by atoms with Crippen molar-refractivity contribution >= 4 is 27.5 Å². The Labute approximate surface area is 148 Å². The molecule has 0 aromatic heterocycles. The highest BCUT2D eigenvalue weighted by atomic mass is 35.5. The van der Waals surface area contributed by atoms with Crippen LogP contribution in [0.5, 0.6) is 5.75 Å². The van der Waals surface area contributed by atoms with Gasteiger partial charge in [0.05, 0.1) is 12.1 Å². The molecule has 0 bridgehead atoms. The van der Waals surface area contributed by atoms with Gasteiger partial charge >= 0.3 is 0 Å². The fourth-order valence-corrected chi connectivity index (χ4v) is 4.65. The van der Waals surface area contributed by atoms with E-state index in [1.807, 2.05) is 13.8 Å². The summed E-state index contributed by atoms with van der Waals surface area (Å²) in [6.45, 7) is 5.29. The van der Waals surface area contributed by atoms with E-state index in [0.29, 0.717) is 31.8 Å². The predicted octanol–water partition coefficient (Wildman–Crippen LogP) is 2.23. The summed E-state index contributed by atoms with van der Waals surface area (Å²) in [7, 11) is -2.21. The summed E-state index contributed by atoms with van der Waals surface area (Å²) >= 11 is 6.12. The molecule has 1 heterocycles. The Balaban J connectivity index is 2.20. The van der Waals surface area contributed by atoms with Crippen molar-refractivity contribution in [2.24, 2.45) is 5.92 Å². The molecule has 0 radical (unpaired) electrons. The summed E-state index contributed by atoms with van der Waals surface area (Å²) in [5.74, 6) is 0.462. The van der Waals surface area contributed by atoms with Gasteiger partial charge in [-0.25, -0.2) is 8.42 Å². The van der Waals surface area contributed by atoms with E-state index < -0.39 is 10.0 Å². The van der Waals surface area contributed by atoms with Crippen molar-refractivity contribution in [3.63, 3.8) is 0 Å². The number of carbonyl (C=O) groups excluding carboxylic acids is 1. The number of hydrogen-bond donors (Lipinski definition) is 0. The van der Waals surface area contributed by atoms with Gasteiger partial charge < -0.3 is 9.64 Å². The Morgan fingerprint density at radius 2 is 1.92 bits per heavy atom. The number of amides is 1. The zero-order valence-electron chi connectivity index (χ0n) is 14.2. The first-order valence-corrected chi connectivity index (χ1v) is 9.71. The maximum atomic E-state index is 12.9. The van der Waals surface area contributed by atoms with Gasteiger partial charge in [-0.15, -0.1) is 0 Å². The quantitative estimate of drug-likeness (QED) is 0.810. The van der Waals surface area contributed by atoms with Crippen molar-refractivity contribution in [1.82, 2.24) is 9.21 Å². The van der Waals surface area contributed by atoms with Crippen molar-refractivity contribution in [2.45, 2.75) is 25.2 Å². The average molecular weight is 375 g/mol. The van der Waals surface area contributed by atoms with Crippen molar-refractivity contribution < 1.29 is 17.9 Å². The first-order chi connectivity index (χ1) is 11.3. The molecule has 0 unspecified atom stereocenters. The fourth-order valence-electron chi connectivity index (χ4n) is 2.68. The summed E-state index contributed by atoms with van der Waals surface area (Å²) in [6, 6.07) is 4.52. The van der Waals surface area contributed by atoms with Crippen molar-refractivity contribution in [2.75, 3.05) is 33.3 Å². The van der Waals surface area contributed by atoms with E-state index >= 15 is 0 Å². The first kappa shape index (κ1) is 19.0. The Morgan fingerprint density at radius 3 is 2.50 bits per heavy atom. The van der Waals surface area contributed by atoms with Crippen LogP contribution in [0.15, 0.2) is 23.1 Å². The number of methoxy groups -OCH3 is 1. The molecular weight excluding hydrogens is 352 g/mol. The standard InChI is InChI=1S/C16H23ClN2O4S/c1-12(2)16(20)18-7-4-8-19(10-9-18)24(21,22)15-6-5-13(23-3)11-14(15)17/h5-6,11-12H,4,7-10H2,1-3H3. The number of carbonyl (C=O) groups is 1. The molecule has 134 valence electrons. The largest absolute Gasteiger partial charge is 0.497 e. The minimum absolute atomic E-state index is 0.0525. The fraction of sp³-hybridized carbons (Fsp3) is 0.562. The van der Waals surface area contributed by atoms with E-state index in [1.165, 1.54) is 23.5 Å². The van der Waals surface area contributed by atoms with Crippen LogP contribution in [0.4, 0.5) is 0 Å². The molecule has 1 aromatic rings. The van der Waals surface area contributed by atoms with E-state index in [4.69, 9.17) is 16.3 Å². The average Bonchev–Trinajstić information content (AvgIpc) is 2.80. The number of nitrogens with zero attached hydrogens (tertiary/aromatic N) is 2. The normalized spacial score (nSPS) is 17.0. The molecule has 2 rings (SSSR count). The number of sulfonamides is 1. The SMILES string of the molecule is COc1ccc(S(=O)(=O)N2CCCN(C(=O)C(C)C)CC2)c(Cl)c1. The molecular formula is C16H23ClN2O4S. The maximum absolute atomic E-state index is 12.9. The Hall–Kier alpha value is -1.31. The van der Waals surface area contributed by atoms with Crippen LogP contribution in [0.1, 0.15) is 20.3 Å². The van der Waals surface area contributed by atoms with Gasteiger partial charge in [0.2, 0.25) is 15.9 Å². The maximum Gasteiger partial charge on any atom is 0.244 e. The minimum atomic E-state index is -3.70. The molecule has 0 atom stereocenters. The lowest BCUT2D eigenvalue weighted by Gasteiger charge is -2.23. The lowest BCUT2D eigenvalue weighted by molar-refractivity contribution is -0.134. The molecule has 1 fully saturated rings. The second kappa shape index (κ2) is 7.72. The Bertz CT molecular complexity index is 706. The van der Waals surface area contributed by atoms with E-state index in [0.717, 1.165) is 0 Å². The zero-order chi connectivity index (χ0) is 17.9. The molecule has 8 heteroatoms. The van der Waals surface area contributed by atoms with Crippen LogP contribution >= 0.6 is 11.6 Å². The van der Waals surface area contributed by atoms with Crippen LogP contribution in [0.2, 0.25) is 5.02 Å². The van der Waals surface area contributed by atoms with E-state index in [1.54, 1.807) is 11.0 Å². The van der Waals surface area contributed by atoms with Gasteiger partial charge in [-0.05, 0) is 18.6 Å². The van der Waals surface area contributed by atoms with Gasteiger partial charge in [0, 0.05) is 38.2 Å². The second-order valence-electron chi connectivity index (χ2n) is 6.03. The van der Waals surface area contributed by atoms with E-state index in [-0.39, 0.29) is 28.3 Å². The molecule has 24 heavy (non-hydrogen) atoms. The third kappa shape index (κ3) is 4.02. The monoisotopic (exact) mass is 374 g/mol. The molecule has 1 aromatic carbocycles. The molecule has 1 aliphatic rings. The molecule has 0 aliphatic carbocycles. The number of halogens is 1. The predicted molar refractivity (Wildman–Crippen MR) is 92.8 cm³/mol. The third-order valence-electron chi connectivity index (χ3n) is 4.02. The molecule has 1 amide bonds. The summed E-state index contributed by atoms with van der Waals surface area (Å²) in [5.41, 5.74) is 0. The van der Waals surface area contributed by atoms with Crippen molar-refractivity contribution in [3.05, 3.63) is 23.2 Å². The first-order valence-electron chi connectivity index (χ1n) is 7.90.